The summed E-state index contributed by atoms with van der Waals surface area (Å²) in [5.74, 6) is 0.0393. The van der Waals surface area contributed by atoms with Crippen molar-refractivity contribution in [2.24, 2.45) is 5.92 Å². The van der Waals surface area contributed by atoms with Crippen molar-refractivity contribution >= 4 is 40.7 Å². The monoisotopic (exact) mass is 322 g/mol. The molecule has 0 aromatic heterocycles. The van der Waals surface area contributed by atoms with Gasteiger partial charge in [0.1, 0.15) is 0 Å². The standard InChI is InChI=1S/C13H17Cl3N2O/c1-8(2)13(19)18-6-5-17-7-9-10(14)3-4-11(15)12(9)16/h3-4,8,17H,5-7H2,1-2H3,(H,18,19). The summed E-state index contributed by atoms with van der Waals surface area (Å²) >= 11 is 18.1. The van der Waals surface area contributed by atoms with Crippen LogP contribution in [0.1, 0.15) is 19.4 Å². The van der Waals surface area contributed by atoms with Gasteiger partial charge in [-0.25, -0.2) is 0 Å². The molecular formula is C13H17Cl3N2O. The first-order valence-corrected chi connectivity index (χ1v) is 7.17. The summed E-state index contributed by atoms with van der Waals surface area (Å²) in [6.07, 6.45) is 0. The first-order chi connectivity index (χ1) is 8.93. The lowest BCUT2D eigenvalue weighted by Crippen LogP contribution is -2.34. The second kappa shape index (κ2) is 7.95. The largest absolute Gasteiger partial charge is 0.355 e. The molecule has 19 heavy (non-hydrogen) atoms. The van der Waals surface area contributed by atoms with Gasteiger partial charge in [0.2, 0.25) is 5.91 Å². The van der Waals surface area contributed by atoms with Crippen LogP contribution in [0.15, 0.2) is 12.1 Å². The van der Waals surface area contributed by atoms with E-state index in [1.54, 1.807) is 12.1 Å². The molecule has 0 saturated carbocycles. The molecule has 0 aliphatic carbocycles. The first kappa shape index (κ1) is 16.6. The molecule has 3 nitrogen and oxygen atoms in total. The van der Waals surface area contributed by atoms with Crippen molar-refractivity contribution in [2.45, 2.75) is 20.4 Å². The van der Waals surface area contributed by atoms with E-state index < -0.39 is 0 Å². The SMILES string of the molecule is CC(C)C(=O)NCCNCc1c(Cl)ccc(Cl)c1Cl. The second-order valence-corrected chi connectivity index (χ2v) is 5.64. The summed E-state index contributed by atoms with van der Waals surface area (Å²) in [5.41, 5.74) is 0.769. The smallest absolute Gasteiger partial charge is 0.222 e. The van der Waals surface area contributed by atoms with Crippen LogP contribution in [-0.2, 0) is 11.3 Å². The van der Waals surface area contributed by atoms with Crippen LogP contribution in [0.3, 0.4) is 0 Å². The van der Waals surface area contributed by atoms with Crippen LogP contribution >= 0.6 is 34.8 Å². The van der Waals surface area contributed by atoms with Crippen LogP contribution in [0, 0.1) is 5.92 Å². The Morgan fingerprint density at radius 3 is 2.42 bits per heavy atom. The van der Waals surface area contributed by atoms with Crippen LogP contribution in [0.5, 0.6) is 0 Å². The predicted molar refractivity (Wildman–Crippen MR) is 81.0 cm³/mol. The summed E-state index contributed by atoms with van der Waals surface area (Å²) in [5, 5.41) is 7.50. The molecule has 0 radical (unpaired) electrons. The Morgan fingerprint density at radius 1 is 1.16 bits per heavy atom. The van der Waals surface area contributed by atoms with Crippen LogP contribution in [-0.4, -0.2) is 19.0 Å². The van der Waals surface area contributed by atoms with Crippen molar-refractivity contribution in [3.8, 4) is 0 Å². The van der Waals surface area contributed by atoms with E-state index in [1.807, 2.05) is 13.8 Å². The van der Waals surface area contributed by atoms with E-state index in [0.717, 1.165) is 5.56 Å². The average molecular weight is 324 g/mol. The van der Waals surface area contributed by atoms with Gasteiger partial charge in [-0.2, -0.15) is 0 Å². The maximum Gasteiger partial charge on any atom is 0.222 e. The Kier molecular flexibility index (Phi) is 6.94. The summed E-state index contributed by atoms with van der Waals surface area (Å²) in [6, 6.07) is 3.38. The fourth-order valence-electron chi connectivity index (χ4n) is 1.42. The average Bonchev–Trinajstić information content (AvgIpc) is 2.37. The molecule has 0 heterocycles. The van der Waals surface area contributed by atoms with Gasteiger partial charge in [-0.15, -0.1) is 0 Å². The lowest BCUT2D eigenvalue weighted by Gasteiger charge is -2.11. The minimum atomic E-state index is -0.00295. The van der Waals surface area contributed by atoms with E-state index in [9.17, 15) is 4.79 Å². The van der Waals surface area contributed by atoms with Crippen molar-refractivity contribution < 1.29 is 4.79 Å². The molecule has 1 rings (SSSR count). The van der Waals surface area contributed by atoms with Crippen molar-refractivity contribution in [3.05, 3.63) is 32.8 Å². The van der Waals surface area contributed by atoms with Gasteiger partial charge in [0.15, 0.2) is 0 Å². The summed E-state index contributed by atoms with van der Waals surface area (Å²) in [4.78, 5) is 11.3. The van der Waals surface area contributed by atoms with E-state index in [2.05, 4.69) is 10.6 Å². The molecule has 1 aromatic rings. The van der Waals surface area contributed by atoms with Crippen LogP contribution in [0.25, 0.3) is 0 Å². The minimum Gasteiger partial charge on any atom is -0.355 e. The highest BCUT2D eigenvalue weighted by atomic mass is 35.5. The summed E-state index contributed by atoms with van der Waals surface area (Å²) in [6.45, 7) is 5.42. The highest BCUT2D eigenvalue weighted by molar-refractivity contribution is 6.44. The van der Waals surface area contributed by atoms with E-state index in [1.165, 1.54) is 0 Å². The molecule has 106 valence electrons. The number of amides is 1. The predicted octanol–water partition coefficient (Wildman–Crippen LogP) is 3.51. The van der Waals surface area contributed by atoms with Gasteiger partial charge in [0.25, 0.3) is 0 Å². The number of nitrogens with one attached hydrogen (secondary N) is 2. The summed E-state index contributed by atoms with van der Waals surface area (Å²) < 4.78 is 0. The molecule has 0 unspecified atom stereocenters. The first-order valence-electron chi connectivity index (χ1n) is 6.04. The van der Waals surface area contributed by atoms with Crippen molar-refractivity contribution in [1.82, 2.24) is 10.6 Å². The van der Waals surface area contributed by atoms with Gasteiger partial charge in [-0.3, -0.25) is 4.79 Å². The zero-order valence-corrected chi connectivity index (χ0v) is 13.2. The number of carbonyl (C=O) groups excluding carboxylic acids is 1. The van der Waals surface area contributed by atoms with Crippen molar-refractivity contribution in [3.63, 3.8) is 0 Å². The Hall–Kier alpha value is -0.480. The summed E-state index contributed by atoms with van der Waals surface area (Å²) in [7, 11) is 0. The molecule has 0 aliphatic rings. The zero-order valence-electron chi connectivity index (χ0n) is 10.9. The Labute approximate surface area is 128 Å². The minimum absolute atomic E-state index is 0.00295. The van der Waals surface area contributed by atoms with Gasteiger partial charge in [0, 0.05) is 36.1 Å². The Morgan fingerprint density at radius 2 is 1.79 bits per heavy atom. The quantitative estimate of drug-likeness (QED) is 0.621. The van der Waals surface area contributed by atoms with Crippen LogP contribution in [0.2, 0.25) is 15.1 Å². The molecule has 0 fully saturated rings. The van der Waals surface area contributed by atoms with Gasteiger partial charge < -0.3 is 10.6 Å². The molecule has 1 aromatic carbocycles. The normalized spacial score (nSPS) is 10.8. The molecule has 0 aliphatic heterocycles. The van der Waals surface area contributed by atoms with Crippen molar-refractivity contribution in [2.75, 3.05) is 13.1 Å². The fraction of sp³-hybridized carbons (Fsp3) is 0.462. The van der Waals surface area contributed by atoms with E-state index in [4.69, 9.17) is 34.8 Å². The van der Waals surface area contributed by atoms with E-state index in [-0.39, 0.29) is 11.8 Å². The molecule has 0 spiro atoms. The molecule has 0 bridgehead atoms. The van der Waals surface area contributed by atoms with E-state index >= 15 is 0 Å². The Bertz CT molecular complexity index is 450. The van der Waals surface area contributed by atoms with Gasteiger partial charge in [-0.1, -0.05) is 48.7 Å². The third-order valence-electron chi connectivity index (χ3n) is 2.57. The lowest BCUT2D eigenvalue weighted by molar-refractivity contribution is -0.123. The zero-order chi connectivity index (χ0) is 14.4. The third kappa shape index (κ3) is 5.19. The third-order valence-corrected chi connectivity index (χ3v) is 3.76. The molecule has 0 atom stereocenters. The highest BCUT2D eigenvalue weighted by Crippen LogP contribution is 2.31. The van der Waals surface area contributed by atoms with E-state index in [0.29, 0.717) is 34.7 Å². The van der Waals surface area contributed by atoms with Crippen molar-refractivity contribution in [1.29, 1.82) is 0 Å². The second-order valence-electron chi connectivity index (χ2n) is 4.44. The lowest BCUT2D eigenvalue weighted by atomic mass is 10.2. The molecule has 2 N–H and O–H groups in total. The number of halogens is 3. The topological polar surface area (TPSA) is 41.1 Å². The number of benzene rings is 1. The van der Waals surface area contributed by atoms with Gasteiger partial charge in [-0.05, 0) is 12.1 Å². The van der Waals surface area contributed by atoms with Crippen LogP contribution in [0.4, 0.5) is 0 Å². The number of hydrogen-bond acceptors (Lipinski definition) is 2. The molecular weight excluding hydrogens is 307 g/mol. The Balaban J connectivity index is 2.38. The highest BCUT2D eigenvalue weighted by Gasteiger charge is 2.09. The molecule has 1 amide bonds. The van der Waals surface area contributed by atoms with Gasteiger partial charge in [0.05, 0.1) is 10.0 Å². The maximum atomic E-state index is 11.3. The molecule has 0 saturated heterocycles. The maximum absolute atomic E-state index is 11.3. The fourth-order valence-corrected chi connectivity index (χ4v) is 2.10. The molecule has 6 heteroatoms. The van der Waals surface area contributed by atoms with Gasteiger partial charge >= 0.3 is 0 Å². The van der Waals surface area contributed by atoms with Crippen LogP contribution < -0.4 is 10.6 Å². The number of carbonyl (C=O) groups is 1. The number of rotatable bonds is 6. The number of hydrogen-bond donors (Lipinski definition) is 2.